The number of hydrogen-bond acceptors (Lipinski definition) is 3. The van der Waals surface area contributed by atoms with Gasteiger partial charge in [0, 0.05) is 18.1 Å². The average Bonchev–Trinajstić information content (AvgIpc) is 2.37. The van der Waals surface area contributed by atoms with Crippen LogP contribution in [-0.4, -0.2) is 39.4 Å². The first-order valence-electron chi connectivity index (χ1n) is 6.26. The minimum absolute atomic E-state index is 0.351. The maximum Gasteiger partial charge on any atom is 0.301 e. The van der Waals surface area contributed by atoms with Gasteiger partial charge < -0.3 is 5.32 Å². The smallest absolute Gasteiger partial charge is 0.301 e. The molecular weight excluding hydrogens is 366 g/mol. The van der Waals surface area contributed by atoms with Crippen molar-refractivity contribution in [1.82, 2.24) is 9.62 Å². The molecule has 0 aliphatic rings. The standard InChI is InChI=1S/C12H19BrClN3O2S/c1-3-15-7-4-8-17(2)20(18,19)16-12-6-5-10(13)9-11(12)14/h5-6,9,15-16H,3-4,7-8H2,1-2H3. The van der Waals surface area contributed by atoms with E-state index in [-0.39, 0.29) is 0 Å². The molecule has 0 amide bonds. The third-order valence-electron chi connectivity index (χ3n) is 2.66. The Labute approximate surface area is 134 Å². The van der Waals surface area contributed by atoms with Crippen molar-refractivity contribution in [1.29, 1.82) is 0 Å². The van der Waals surface area contributed by atoms with E-state index >= 15 is 0 Å². The van der Waals surface area contributed by atoms with Crippen LogP contribution in [0.25, 0.3) is 0 Å². The number of anilines is 1. The van der Waals surface area contributed by atoms with Crippen LogP contribution in [0.5, 0.6) is 0 Å². The van der Waals surface area contributed by atoms with Gasteiger partial charge in [-0.15, -0.1) is 0 Å². The van der Waals surface area contributed by atoms with Crippen LogP contribution in [0.3, 0.4) is 0 Å². The Balaban J connectivity index is 2.64. The topological polar surface area (TPSA) is 61.4 Å². The molecule has 0 atom stereocenters. The molecule has 0 heterocycles. The van der Waals surface area contributed by atoms with E-state index in [0.717, 1.165) is 24.0 Å². The number of benzene rings is 1. The van der Waals surface area contributed by atoms with Crippen LogP contribution in [0.4, 0.5) is 5.69 Å². The van der Waals surface area contributed by atoms with Gasteiger partial charge in [0.15, 0.2) is 0 Å². The zero-order valence-corrected chi connectivity index (χ0v) is 14.6. The van der Waals surface area contributed by atoms with E-state index in [2.05, 4.69) is 26.0 Å². The Kier molecular flexibility index (Phi) is 7.25. The minimum atomic E-state index is -3.58. The van der Waals surface area contributed by atoms with E-state index < -0.39 is 10.2 Å². The summed E-state index contributed by atoms with van der Waals surface area (Å²) in [5.74, 6) is 0. The summed E-state index contributed by atoms with van der Waals surface area (Å²) < 4.78 is 28.8. The van der Waals surface area contributed by atoms with Crippen LogP contribution in [0.2, 0.25) is 5.02 Å². The van der Waals surface area contributed by atoms with Crippen LogP contribution in [0, 0.1) is 0 Å². The summed E-state index contributed by atoms with van der Waals surface area (Å²) in [6, 6.07) is 5.00. The Hall–Kier alpha value is -0.340. The molecule has 2 N–H and O–H groups in total. The molecular formula is C12H19BrClN3O2S. The quantitative estimate of drug-likeness (QED) is 0.677. The van der Waals surface area contributed by atoms with Crippen molar-refractivity contribution in [3.05, 3.63) is 27.7 Å². The normalized spacial score (nSPS) is 11.8. The number of nitrogens with zero attached hydrogens (tertiary/aromatic N) is 1. The van der Waals surface area contributed by atoms with Crippen LogP contribution in [0.1, 0.15) is 13.3 Å². The molecule has 1 rings (SSSR count). The highest BCUT2D eigenvalue weighted by molar-refractivity contribution is 9.10. The van der Waals surface area contributed by atoms with Gasteiger partial charge in [0.1, 0.15) is 0 Å². The van der Waals surface area contributed by atoms with E-state index in [1.807, 2.05) is 6.92 Å². The van der Waals surface area contributed by atoms with Gasteiger partial charge in [0.05, 0.1) is 10.7 Å². The molecule has 0 saturated carbocycles. The van der Waals surface area contributed by atoms with Gasteiger partial charge in [-0.1, -0.05) is 34.5 Å². The second-order valence-corrected chi connectivity index (χ2v) is 7.36. The molecule has 0 aromatic heterocycles. The molecule has 0 radical (unpaired) electrons. The summed E-state index contributed by atoms with van der Waals surface area (Å²) >= 11 is 9.28. The molecule has 1 aromatic rings. The fraction of sp³-hybridized carbons (Fsp3) is 0.500. The lowest BCUT2D eigenvalue weighted by atomic mass is 10.3. The highest BCUT2D eigenvalue weighted by Gasteiger charge is 2.18. The molecule has 0 bridgehead atoms. The van der Waals surface area contributed by atoms with Gasteiger partial charge >= 0.3 is 10.2 Å². The average molecular weight is 385 g/mol. The summed E-state index contributed by atoms with van der Waals surface area (Å²) in [6.07, 6.45) is 0.749. The van der Waals surface area contributed by atoms with Crippen LogP contribution >= 0.6 is 27.5 Å². The summed E-state index contributed by atoms with van der Waals surface area (Å²) in [5, 5.41) is 3.50. The van der Waals surface area contributed by atoms with E-state index in [1.165, 1.54) is 4.31 Å². The monoisotopic (exact) mass is 383 g/mol. The summed E-state index contributed by atoms with van der Waals surface area (Å²) in [6.45, 7) is 4.12. The molecule has 0 aliphatic carbocycles. The zero-order valence-electron chi connectivity index (χ0n) is 11.5. The van der Waals surface area contributed by atoms with Gasteiger partial charge in [-0.2, -0.15) is 12.7 Å². The van der Waals surface area contributed by atoms with Crippen LogP contribution in [-0.2, 0) is 10.2 Å². The maximum absolute atomic E-state index is 12.1. The number of halogens is 2. The van der Waals surface area contributed by atoms with Crippen molar-refractivity contribution >= 4 is 43.4 Å². The number of nitrogens with one attached hydrogen (secondary N) is 2. The Morgan fingerprint density at radius 3 is 2.70 bits per heavy atom. The Bertz CT molecular complexity index is 540. The third-order valence-corrected chi connectivity index (χ3v) is 4.94. The summed E-state index contributed by atoms with van der Waals surface area (Å²) in [5.41, 5.74) is 0.369. The number of hydrogen-bond donors (Lipinski definition) is 2. The van der Waals surface area contributed by atoms with Crippen LogP contribution in [0.15, 0.2) is 22.7 Å². The molecule has 0 spiro atoms. The van der Waals surface area contributed by atoms with E-state index in [9.17, 15) is 8.42 Å². The lowest BCUT2D eigenvalue weighted by Gasteiger charge is -2.19. The molecule has 8 heteroatoms. The first-order valence-corrected chi connectivity index (χ1v) is 8.87. The molecule has 0 saturated heterocycles. The van der Waals surface area contributed by atoms with Gasteiger partial charge in [-0.25, -0.2) is 0 Å². The maximum atomic E-state index is 12.1. The van der Waals surface area contributed by atoms with Crippen molar-refractivity contribution in [3.8, 4) is 0 Å². The van der Waals surface area contributed by atoms with Crippen LogP contribution < -0.4 is 10.0 Å². The highest BCUT2D eigenvalue weighted by atomic mass is 79.9. The largest absolute Gasteiger partial charge is 0.317 e. The molecule has 114 valence electrons. The van der Waals surface area contributed by atoms with E-state index in [1.54, 1.807) is 25.2 Å². The lowest BCUT2D eigenvalue weighted by molar-refractivity contribution is 0.459. The van der Waals surface area contributed by atoms with Gasteiger partial charge in [0.25, 0.3) is 0 Å². The molecule has 20 heavy (non-hydrogen) atoms. The summed E-state index contributed by atoms with van der Waals surface area (Å²) in [4.78, 5) is 0. The first-order chi connectivity index (χ1) is 9.36. The van der Waals surface area contributed by atoms with E-state index in [4.69, 9.17) is 11.6 Å². The SMILES string of the molecule is CCNCCCN(C)S(=O)(=O)Nc1ccc(Br)cc1Cl. The molecule has 0 fully saturated rings. The van der Waals surface area contributed by atoms with Crippen molar-refractivity contribution in [2.24, 2.45) is 0 Å². The third kappa shape index (κ3) is 5.57. The minimum Gasteiger partial charge on any atom is -0.317 e. The fourth-order valence-electron chi connectivity index (χ4n) is 1.51. The predicted octanol–water partition coefficient (Wildman–Crippen LogP) is 2.69. The lowest BCUT2D eigenvalue weighted by Crippen LogP contribution is -2.34. The van der Waals surface area contributed by atoms with Gasteiger partial charge in [0.2, 0.25) is 0 Å². The van der Waals surface area contributed by atoms with Crippen molar-refractivity contribution in [3.63, 3.8) is 0 Å². The highest BCUT2D eigenvalue weighted by Crippen LogP contribution is 2.26. The molecule has 1 aromatic carbocycles. The van der Waals surface area contributed by atoms with Crippen molar-refractivity contribution in [2.75, 3.05) is 31.4 Å². The second-order valence-electron chi connectivity index (χ2n) is 4.26. The molecule has 0 unspecified atom stereocenters. The molecule has 0 aliphatic heterocycles. The fourth-order valence-corrected chi connectivity index (χ4v) is 3.27. The van der Waals surface area contributed by atoms with Gasteiger partial charge in [-0.05, 0) is 37.7 Å². The van der Waals surface area contributed by atoms with Crippen molar-refractivity contribution < 1.29 is 8.42 Å². The number of rotatable bonds is 8. The predicted molar refractivity (Wildman–Crippen MR) is 87.5 cm³/mol. The molecule has 5 nitrogen and oxygen atoms in total. The Morgan fingerprint density at radius 2 is 2.10 bits per heavy atom. The van der Waals surface area contributed by atoms with Crippen molar-refractivity contribution in [2.45, 2.75) is 13.3 Å². The Morgan fingerprint density at radius 1 is 1.40 bits per heavy atom. The first kappa shape index (κ1) is 17.7. The summed E-state index contributed by atoms with van der Waals surface area (Å²) in [7, 11) is -2.04. The zero-order chi connectivity index (χ0) is 15.2. The van der Waals surface area contributed by atoms with E-state index in [0.29, 0.717) is 17.3 Å². The van der Waals surface area contributed by atoms with Gasteiger partial charge in [-0.3, -0.25) is 4.72 Å². The second kappa shape index (κ2) is 8.19.